The van der Waals surface area contributed by atoms with Gasteiger partial charge in [0.15, 0.2) is 11.5 Å². The summed E-state index contributed by atoms with van der Waals surface area (Å²) in [5.74, 6) is 0.657. The van der Waals surface area contributed by atoms with Crippen molar-refractivity contribution < 1.29 is 41.7 Å². The molecule has 1 unspecified atom stereocenters. The second kappa shape index (κ2) is 15.2. The number of benzene rings is 3. The number of nitrogens with one attached hydrogen (secondary N) is 1. The molecule has 44 heavy (non-hydrogen) atoms. The van der Waals surface area contributed by atoms with Gasteiger partial charge in [-0.05, 0) is 48.4 Å². The molecule has 0 aliphatic carbocycles. The van der Waals surface area contributed by atoms with Crippen LogP contribution in [0.4, 0.5) is 5.69 Å². The van der Waals surface area contributed by atoms with Crippen molar-refractivity contribution in [2.24, 2.45) is 0 Å². The number of hydrogen-bond donors (Lipinski definition) is 1. The van der Waals surface area contributed by atoms with E-state index >= 15 is 0 Å². The number of nitrogens with zero attached hydrogens (tertiary/aromatic N) is 2. The van der Waals surface area contributed by atoms with Crippen molar-refractivity contribution in [2.75, 3.05) is 53.4 Å². The number of likely N-dealkylation sites (N-methyl/N-ethyl adjacent to an activating group) is 1. The van der Waals surface area contributed by atoms with Crippen LogP contribution in [0.1, 0.15) is 18.9 Å². The number of carbonyl (C=O) groups is 2. The predicted octanol–water partition coefficient (Wildman–Crippen LogP) is 3.48. The van der Waals surface area contributed by atoms with Crippen molar-refractivity contribution >= 4 is 27.5 Å². The molecule has 3 aromatic carbocycles. The van der Waals surface area contributed by atoms with Crippen LogP contribution in [0.5, 0.6) is 28.7 Å². The van der Waals surface area contributed by atoms with Gasteiger partial charge in [-0.25, -0.2) is 8.42 Å². The molecule has 0 radical (unpaired) electrons. The largest absolute Gasteiger partial charge is 0.497 e. The van der Waals surface area contributed by atoms with Crippen LogP contribution in [-0.4, -0.2) is 80.3 Å². The number of ether oxygens (including phenoxy) is 5. The summed E-state index contributed by atoms with van der Waals surface area (Å²) in [6.07, 6.45) is 0.284. The van der Waals surface area contributed by atoms with Crippen molar-refractivity contribution in [2.45, 2.75) is 30.8 Å². The van der Waals surface area contributed by atoms with Gasteiger partial charge < -0.3 is 33.9 Å². The van der Waals surface area contributed by atoms with Gasteiger partial charge in [0, 0.05) is 25.7 Å². The lowest BCUT2D eigenvalue weighted by Gasteiger charge is -2.33. The Morgan fingerprint density at radius 2 is 1.36 bits per heavy atom. The zero-order valence-electron chi connectivity index (χ0n) is 25.9. The molecule has 0 aliphatic heterocycles. The van der Waals surface area contributed by atoms with E-state index in [0.29, 0.717) is 17.2 Å². The van der Waals surface area contributed by atoms with E-state index in [2.05, 4.69) is 5.32 Å². The SMILES string of the molecule is CCC(C(=O)NC)N(Cc1ccc(OC)cc1)C(=O)CN(c1cc(OC)ccc1OC)S(=O)(=O)c1ccc(OC)c(OC)c1. The van der Waals surface area contributed by atoms with Gasteiger partial charge >= 0.3 is 0 Å². The molecule has 0 fully saturated rings. The van der Waals surface area contributed by atoms with Crippen LogP contribution in [-0.2, 0) is 26.2 Å². The molecule has 0 heterocycles. The molecule has 3 rings (SSSR count). The van der Waals surface area contributed by atoms with E-state index < -0.39 is 28.5 Å². The number of anilines is 1. The molecule has 12 nitrogen and oxygen atoms in total. The topological polar surface area (TPSA) is 133 Å². The fraction of sp³-hybridized carbons (Fsp3) is 0.355. The fourth-order valence-electron chi connectivity index (χ4n) is 4.62. The molecule has 2 amide bonds. The van der Waals surface area contributed by atoms with E-state index in [9.17, 15) is 18.0 Å². The van der Waals surface area contributed by atoms with E-state index in [0.717, 1.165) is 9.87 Å². The molecule has 1 N–H and O–H groups in total. The van der Waals surface area contributed by atoms with Crippen LogP contribution < -0.4 is 33.3 Å². The van der Waals surface area contributed by atoms with Gasteiger partial charge in [-0.1, -0.05) is 19.1 Å². The normalized spacial score (nSPS) is 11.6. The van der Waals surface area contributed by atoms with Crippen LogP contribution in [0.15, 0.2) is 65.6 Å². The summed E-state index contributed by atoms with van der Waals surface area (Å²) < 4.78 is 56.4. The number of rotatable bonds is 15. The van der Waals surface area contributed by atoms with Crippen LogP contribution in [0, 0.1) is 0 Å². The minimum Gasteiger partial charge on any atom is -0.497 e. The summed E-state index contributed by atoms with van der Waals surface area (Å²) >= 11 is 0. The second-order valence-corrected chi connectivity index (χ2v) is 11.3. The molecule has 0 spiro atoms. The van der Waals surface area contributed by atoms with Gasteiger partial charge in [-0.3, -0.25) is 13.9 Å². The number of carbonyl (C=O) groups excluding carboxylic acids is 2. The summed E-state index contributed by atoms with van der Waals surface area (Å²) in [6.45, 7) is 1.15. The maximum atomic E-state index is 14.4. The molecule has 0 bridgehead atoms. The van der Waals surface area contributed by atoms with Gasteiger partial charge in [0.2, 0.25) is 11.8 Å². The maximum Gasteiger partial charge on any atom is 0.265 e. The standard InChI is InChI=1S/C31H39N3O9S/c1-8-25(31(36)32-2)33(19-21-9-11-22(39-3)12-10-21)30(35)20-34(26-17-23(40-4)13-15-27(26)41-5)44(37,38)24-14-16-28(42-6)29(18-24)43-7/h9-18,25H,8,19-20H2,1-7H3,(H,32,36). The first-order valence-corrected chi connectivity index (χ1v) is 15.1. The Kier molecular flexibility index (Phi) is 11.7. The highest BCUT2D eigenvalue weighted by atomic mass is 32.2. The maximum absolute atomic E-state index is 14.4. The first kappa shape index (κ1) is 33.8. The van der Waals surface area contributed by atoms with Crippen LogP contribution in [0.3, 0.4) is 0 Å². The third kappa shape index (κ3) is 7.46. The number of amides is 2. The van der Waals surface area contributed by atoms with Gasteiger partial charge in [0.1, 0.15) is 29.8 Å². The van der Waals surface area contributed by atoms with E-state index in [4.69, 9.17) is 23.7 Å². The average molecular weight is 630 g/mol. The van der Waals surface area contributed by atoms with Crippen molar-refractivity contribution in [3.8, 4) is 28.7 Å². The molecular weight excluding hydrogens is 590 g/mol. The third-order valence-corrected chi connectivity index (χ3v) is 8.78. The van der Waals surface area contributed by atoms with Gasteiger partial charge in [-0.2, -0.15) is 0 Å². The summed E-state index contributed by atoms with van der Waals surface area (Å²) in [4.78, 5) is 28.4. The van der Waals surface area contributed by atoms with E-state index in [1.54, 1.807) is 50.4 Å². The highest BCUT2D eigenvalue weighted by Crippen LogP contribution is 2.38. The van der Waals surface area contributed by atoms with Crippen molar-refractivity contribution in [1.29, 1.82) is 0 Å². The zero-order valence-corrected chi connectivity index (χ0v) is 26.8. The molecule has 0 saturated heterocycles. The Balaban J connectivity index is 2.18. The first-order chi connectivity index (χ1) is 21.1. The predicted molar refractivity (Wildman–Crippen MR) is 165 cm³/mol. The Labute approximate surface area is 258 Å². The summed E-state index contributed by atoms with van der Waals surface area (Å²) in [5.41, 5.74) is 0.780. The molecule has 238 valence electrons. The minimum absolute atomic E-state index is 0.0360. The van der Waals surface area contributed by atoms with Gasteiger partial charge in [0.05, 0.1) is 46.1 Å². The summed E-state index contributed by atoms with van der Waals surface area (Å²) in [7, 11) is 4.25. The van der Waals surface area contributed by atoms with Crippen LogP contribution in [0.2, 0.25) is 0 Å². The molecule has 13 heteroatoms. The molecule has 1 atom stereocenters. The minimum atomic E-state index is -4.44. The quantitative estimate of drug-likeness (QED) is 0.268. The summed E-state index contributed by atoms with van der Waals surface area (Å²) in [6, 6.07) is 14.9. The Bertz CT molecular complexity index is 1550. The first-order valence-electron chi connectivity index (χ1n) is 13.7. The van der Waals surface area contributed by atoms with Crippen molar-refractivity contribution in [3.63, 3.8) is 0 Å². The van der Waals surface area contributed by atoms with E-state index in [-0.39, 0.29) is 41.0 Å². The van der Waals surface area contributed by atoms with Crippen LogP contribution >= 0.6 is 0 Å². The molecule has 0 aromatic heterocycles. The lowest BCUT2D eigenvalue weighted by molar-refractivity contribution is -0.140. The number of hydrogen-bond acceptors (Lipinski definition) is 9. The van der Waals surface area contributed by atoms with Crippen molar-refractivity contribution in [3.05, 3.63) is 66.2 Å². The monoisotopic (exact) mass is 629 g/mol. The lowest BCUT2D eigenvalue weighted by Crippen LogP contribution is -2.51. The smallest absolute Gasteiger partial charge is 0.265 e. The van der Waals surface area contributed by atoms with E-state index in [1.807, 2.05) is 0 Å². The molecular formula is C31H39N3O9S. The highest BCUT2D eigenvalue weighted by Gasteiger charge is 2.35. The fourth-order valence-corrected chi connectivity index (χ4v) is 6.06. The molecule has 3 aromatic rings. The molecule has 0 saturated carbocycles. The lowest BCUT2D eigenvalue weighted by atomic mass is 10.1. The second-order valence-electron chi connectivity index (χ2n) is 9.47. The van der Waals surface area contributed by atoms with Crippen molar-refractivity contribution in [1.82, 2.24) is 10.2 Å². The van der Waals surface area contributed by atoms with E-state index in [1.165, 1.54) is 64.7 Å². The van der Waals surface area contributed by atoms with Crippen LogP contribution in [0.25, 0.3) is 0 Å². The Morgan fingerprint density at radius 1 is 0.773 bits per heavy atom. The number of methoxy groups -OCH3 is 5. The zero-order chi connectivity index (χ0) is 32.4. The number of sulfonamides is 1. The molecule has 0 aliphatic rings. The summed E-state index contributed by atoms with van der Waals surface area (Å²) in [5, 5.41) is 2.61. The Hall–Kier alpha value is -4.65. The highest BCUT2D eigenvalue weighted by molar-refractivity contribution is 7.92. The third-order valence-electron chi connectivity index (χ3n) is 7.02. The average Bonchev–Trinajstić information content (AvgIpc) is 3.06. The van der Waals surface area contributed by atoms with Gasteiger partial charge in [0.25, 0.3) is 10.0 Å². The van der Waals surface area contributed by atoms with Gasteiger partial charge in [-0.15, -0.1) is 0 Å². The Morgan fingerprint density at radius 3 is 1.91 bits per heavy atom.